The molecule has 0 radical (unpaired) electrons. The molecule has 0 saturated carbocycles. The van der Waals surface area contributed by atoms with E-state index in [-0.39, 0.29) is 11.9 Å². The van der Waals surface area contributed by atoms with E-state index < -0.39 is 0 Å². The van der Waals surface area contributed by atoms with E-state index in [0.717, 1.165) is 12.0 Å². The van der Waals surface area contributed by atoms with E-state index in [9.17, 15) is 4.39 Å². The van der Waals surface area contributed by atoms with Crippen LogP contribution < -0.4 is 10.1 Å². The number of hydrogen-bond acceptors (Lipinski definition) is 2. The number of rotatable bonds is 5. The van der Waals surface area contributed by atoms with Crippen molar-refractivity contribution in [3.8, 4) is 11.5 Å². The highest BCUT2D eigenvalue weighted by molar-refractivity contribution is 9.10. The minimum absolute atomic E-state index is 0.290. The maximum atomic E-state index is 13.3. The van der Waals surface area contributed by atoms with Crippen LogP contribution in [0.2, 0.25) is 0 Å². The first-order valence-corrected chi connectivity index (χ1v) is 7.33. The van der Waals surface area contributed by atoms with Crippen LogP contribution in [0.25, 0.3) is 0 Å². The van der Waals surface area contributed by atoms with Gasteiger partial charge in [0.15, 0.2) is 0 Å². The van der Waals surface area contributed by atoms with E-state index in [2.05, 4.69) is 34.2 Å². The quantitative estimate of drug-likeness (QED) is 0.824. The maximum Gasteiger partial charge on any atom is 0.131 e. The highest BCUT2D eigenvalue weighted by atomic mass is 79.9. The Morgan fingerprint density at radius 3 is 2.65 bits per heavy atom. The number of halogens is 2. The van der Waals surface area contributed by atoms with Gasteiger partial charge in [0.05, 0.1) is 0 Å². The summed E-state index contributed by atoms with van der Waals surface area (Å²) in [5, 5.41) is 3.25. The van der Waals surface area contributed by atoms with Gasteiger partial charge in [0, 0.05) is 16.6 Å². The van der Waals surface area contributed by atoms with Crippen molar-refractivity contribution in [2.75, 3.05) is 7.05 Å². The molecule has 2 aromatic carbocycles. The topological polar surface area (TPSA) is 21.3 Å². The molecule has 2 rings (SSSR count). The molecule has 0 amide bonds. The number of ether oxygens (including phenoxy) is 1. The lowest BCUT2D eigenvalue weighted by molar-refractivity contribution is 0.473. The van der Waals surface area contributed by atoms with Gasteiger partial charge in [-0.05, 0) is 43.3 Å². The first-order valence-electron chi connectivity index (χ1n) is 6.53. The summed E-state index contributed by atoms with van der Waals surface area (Å²) in [5.74, 6) is 0.854. The van der Waals surface area contributed by atoms with Gasteiger partial charge >= 0.3 is 0 Å². The number of benzene rings is 2. The predicted octanol–water partition coefficient (Wildman–Crippen LogP) is 5.05. The molecular weight excluding hydrogens is 321 g/mol. The fraction of sp³-hybridized carbons (Fsp3) is 0.250. The van der Waals surface area contributed by atoms with E-state index in [1.807, 2.05) is 25.2 Å². The van der Waals surface area contributed by atoms with Gasteiger partial charge < -0.3 is 10.1 Å². The van der Waals surface area contributed by atoms with Crippen molar-refractivity contribution in [2.45, 2.75) is 19.4 Å². The van der Waals surface area contributed by atoms with Gasteiger partial charge in [-0.15, -0.1) is 0 Å². The lowest BCUT2D eigenvalue weighted by atomic mass is 10.0. The molecule has 0 aromatic heterocycles. The fourth-order valence-electron chi connectivity index (χ4n) is 2.12. The van der Waals surface area contributed by atoms with Crippen molar-refractivity contribution in [2.24, 2.45) is 0 Å². The van der Waals surface area contributed by atoms with Crippen molar-refractivity contribution in [1.82, 2.24) is 5.32 Å². The summed E-state index contributed by atoms with van der Waals surface area (Å²) >= 11 is 3.26. The van der Waals surface area contributed by atoms with E-state index in [1.54, 1.807) is 6.07 Å². The Morgan fingerprint density at radius 2 is 2.00 bits per heavy atom. The molecule has 1 N–H and O–H groups in total. The van der Waals surface area contributed by atoms with Crippen LogP contribution in [0, 0.1) is 5.82 Å². The molecule has 20 heavy (non-hydrogen) atoms. The monoisotopic (exact) mass is 337 g/mol. The third kappa shape index (κ3) is 3.81. The SMILES string of the molecule is CCC(NC)c1cccc(Oc2cc(F)cc(Br)c2)c1. The Labute approximate surface area is 127 Å². The minimum atomic E-state index is -0.327. The summed E-state index contributed by atoms with van der Waals surface area (Å²) in [7, 11) is 1.94. The zero-order valence-corrected chi connectivity index (χ0v) is 13.1. The van der Waals surface area contributed by atoms with Gasteiger partial charge in [0.25, 0.3) is 0 Å². The average Bonchev–Trinajstić information content (AvgIpc) is 2.39. The molecule has 0 aliphatic heterocycles. The Kier molecular flexibility index (Phi) is 5.15. The zero-order valence-electron chi connectivity index (χ0n) is 11.5. The molecule has 4 heteroatoms. The van der Waals surface area contributed by atoms with Crippen molar-refractivity contribution in [1.29, 1.82) is 0 Å². The number of nitrogens with one attached hydrogen (secondary N) is 1. The van der Waals surface area contributed by atoms with E-state index >= 15 is 0 Å². The van der Waals surface area contributed by atoms with Gasteiger partial charge in [0.1, 0.15) is 17.3 Å². The van der Waals surface area contributed by atoms with Gasteiger partial charge in [0.2, 0.25) is 0 Å². The number of hydrogen-bond donors (Lipinski definition) is 1. The van der Waals surface area contributed by atoms with E-state index in [0.29, 0.717) is 16.0 Å². The average molecular weight is 338 g/mol. The molecule has 0 fully saturated rings. The van der Waals surface area contributed by atoms with Crippen LogP contribution in [0.5, 0.6) is 11.5 Å². The second kappa shape index (κ2) is 6.86. The summed E-state index contributed by atoms with van der Waals surface area (Å²) in [6.45, 7) is 2.12. The molecule has 0 saturated heterocycles. The Morgan fingerprint density at radius 1 is 1.20 bits per heavy atom. The maximum absolute atomic E-state index is 13.3. The molecule has 2 nitrogen and oxygen atoms in total. The second-order valence-corrected chi connectivity index (χ2v) is 5.44. The third-order valence-corrected chi connectivity index (χ3v) is 3.55. The van der Waals surface area contributed by atoms with Gasteiger partial charge in [-0.2, -0.15) is 0 Å². The molecule has 1 atom stereocenters. The van der Waals surface area contributed by atoms with Crippen molar-refractivity contribution < 1.29 is 9.13 Å². The van der Waals surface area contributed by atoms with Gasteiger partial charge in [-0.25, -0.2) is 4.39 Å². The van der Waals surface area contributed by atoms with Gasteiger partial charge in [-0.3, -0.25) is 0 Å². The Hall–Kier alpha value is -1.39. The largest absolute Gasteiger partial charge is 0.457 e. The lowest BCUT2D eigenvalue weighted by Gasteiger charge is -2.15. The zero-order chi connectivity index (χ0) is 14.5. The Bertz CT molecular complexity index is 564. The summed E-state index contributed by atoms with van der Waals surface area (Å²) < 4.78 is 19.7. The first-order chi connectivity index (χ1) is 9.62. The van der Waals surface area contributed by atoms with Crippen LogP contribution in [0.3, 0.4) is 0 Å². The lowest BCUT2D eigenvalue weighted by Crippen LogP contribution is -2.14. The second-order valence-electron chi connectivity index (χ2n) is 4.53. The van der Waals surface area contributed by atoms with Crippen LogP contribution in [-0.4, -0.2) is 7.05 Å². The summed E-state index contributed by atoms with van der Waals surface area (Å²) in [6, 6.07) is 12.6. The summed E-state index contributed by atoms with van der Waals surface area (Å²) in [6.07, 6.45) is 0.992. The summed E-state index contributed by atoms with van der Waals surface area (Å²) in [4.78, 5) is 0. The normalized spacial score (nSPS) is 12.2. The van der Waals surface area contributed by atoms with Crippen LogP contribution in [-0.2, 0) is 0 Å². The van der Waals surface area contributed by atoms with Crippen LogP contribution in [0.4, 0.5) is 4.39 Å². The molecule has 0 aliphatic carbocycles. The van der Waals surface area contributed by atoms with Gasteiger partial charge in [-0.1, -0.05) is 35.0 Å². The molecule has 0 aliphatic rings. The predicted molar refractivity (Wildman–Crippen MR) is 82.7 cm³/mol. The highest BCUT2D eigenvalue weighted by Crippen LogP contribution is 2.28. The Balaban J connectivity index is 2.23. The molecule has 1 unspecified atom stereocenters. The molecule has 0 spiro atoms. The highest BCUT2D eigenvalue weighted by Gasteiger charge is 2.08. The van der Waals surface area contributed by atoms with Crippen molar-refractivity contribution in [3.05, 3.63) is 58.3 Å². The molecule has 106 valence electrons. The van der Waals surface area contributed by atoms with Crippen LogP contribution in [0.1, 0.15) is 24.9 Å². The molecule has 0 bridgehead atoms. The first kappa shape index (κ1) is 15.0. The minimum Gasteiger partial charge on any atom is -0.457 e. The van der Waals surface area contributed by atoms with E-state index in [4.69, 9.17) is 4.74 Å². The third-order valence-electron chi connectivity index (χ3n) is 3.09. The molecule has 0 heterocycles. The standard InChI is InChI=1S/C16H17BrFNO/c1-3-16(19-2)11-5-4-6-14(7-11)20-15-9-12(17)8-13(18)10-15/h4-10,16,19H,3H2,1-2H3. The fourth-order valence-corrected chi connectivity index (χ4v) is 2.57. The van der Waals surface area contributed by atoms with Crippen LogP contribution >= 0.6 is 15.9 Å². The smallest absolute Gasteiger partial charge is 0.131 e. The summed E-state index contributed by atoms with van der Waals surface area (Å²) in [5.41, 5.74) is 1.16. The molecule has 2 aromatic rings. The van der Waals surface area contributed by atoms with Crippen molar-refractivity contribution >= 4 is 15.9 Å². The molecular formula is C16H17BrFNO. The van der Waals surface area contributed by atoms with Crippen molar-refractivity contribution in [3.63, 3.8) is 0 Å². The van der Waals surface area contributed by atoms with Crippen LogP contribution in [0.15, 0.2) is 46.9 Å². The van der Waals surface area contributed by atoms with E-state index in [1.165, 1.54) is 12.1 Å².